The van der Waals surface area contributed by atoms with E-state index in [0.29, 0.717) is 6.54 Å². The lowest BCUT2D eigenvalue weighted by molar-refractivity contribution is -0.144. The molecule has 0 heterocycles. The first-order valence-corrected chi connectivity index (χ1v) is 5.89. The average Bonchev–Trinajstić information content (AvgIpc) is 2.29. The van der Waals surface area contributed by atoms with E-state index in [-0.39, 0.29) is 12.0 Å². The van der Waals surface area contributed by atoms with Crippen LogP contribution in [0.25, 0.3) is 0 Å². The molecular formula is C11H21F3N2. The molecule has 0 aromatic carbocycles. The Morgan fingerprint density at radius 2 is 1.81 bits per heavy atom. The van der Waals surface area contributed by atoms with Crippen LogP contribution in [0.5, 0.6) is 0 Å². The largest absolute Gasteiger partial charge is 0.401 e. The molecule has 0 bridgehead atoms. The molecule has 0 radical (unpaired) electrons. The van der Waals surface area contributed by atoms with Gasteiger partial charge in [0.2, 0.25) is 0 Å². The number of alkyl halides is 3. The molecule has 0 aromatic rings. The second kappa shape index (κ2) is 5.87. The van der Waals surface area contributed by atoms with Crippen LogP contribution in [0.15, 0.2) is 0 Å². The van der Waals surface area contributed by atoms with Gasteiger partial charge in [-0.25, -0.2) is 0 Å². The fraction of sp³-hybridized carbons (Fsp3) is 1.00. The van der Waals surface area contributed by atoms with Crippen molar-refractivity contribution in [2.24, 2.45) is 11.7 Å². The van der Waals surface area contributed by atoms with Crippen LogP contribution < -0.4 is 5.73 Å². The van der Waals surface area contributed by atoms with Gasteiger partial charge in [-0.05, 0) is 25.8 Å². The summed E-state index contributed by atoms with van der Waals surface area (Å²) in [7, 11) is 1.52. The minimum Gasteiger partial charge on any atom is -0.327 e. The summed E-state index contributed by atoms with van der Waals surface area (Å²) in [6, 6.07) is 0.0678. The predicted octanol–water partition coefficient (Wildman–Crippen LogP) is 2.39. The first-order valence-electron chi connectivity index (χ1n) is 5.89. The third-order valence-electron chi connectivity index (χ3n) is 3.21. The van der Waals surface area contributed by atoms with Gasteiger partial charge >= 0.3 is 6.18 Å². The van der Waals surface area contributed by atoms with Gasteiger partial charge in [-0.3, -0.25) is 4.90 Å². The Kier molecular flexibility index (Phi) is 5.05. The van der Waals surface area contributed by atoms with Crippen LogP contribution in [0.3, 0.4) is 0 Å². The highest BCUT2D eigenvalue weighted by Gasteiger charge is 2.31. The van der Waals surface area contributed by atoms with Gasteiger partial charge in [0.25, 0.3) is 0 Å². The first kappa shape index (κ1) is 13.8. The maximum Gasteiger partial charge on any atom is 0.401 e. The smallest absolute Gasteiger partial charge is 0.327 e. The van der Waals surface area contributed by atoms with E-state index in [0.717, 1.165) is 32.1 Å². The van der Waals surface area contributed by atoms with Crippen molar-refractivity contribution in [3.05, 3.63) is 0 Å². The molecule has 1 rings (SSSR count). The minimum absolute atomic E-state index is 0.0678. The molecule has 96 valence electrons. The Morgan fingerprint density at radius 3 is 2.44 bits per heavy atom. The van der Waals surface area contributed by atoms with E-state index >= 15 is 0 Å². The second-order valence-electron chi connectivity index (χ2n) is 4.87. The second-order valence-corrected chi connectivity index (χ2v) is 4.87. The third kappa shape index (κ3) is 5.16. The van der Waals surface area contributed by atoms with E-state index in [1.165, 1.54) is 11.9 Å². The molecule has 0 spiro atoms. The lowest BCUT2D eigenvalue weighted by Crippen LogP contribution is -2.40. The monoisotopic (exact) mass is 238 g/mol. The fourth-order valence-corrected chi connectivity index (χ4v) is 2.41. The number of nitrogens with zero attached hydrogens (tertiary/aromatic N) is 1. The van der Waals surface area contributed by atoms with Crippen molar-refractivity contribution in [1.29, 1.82) is 0 Å². The lowest BCUT2D eigenvalue weighted by Gasteiger charge is -2.27. The molecule has 2 unspecified atom stereocenters. The Hall–Kier alpha value is -0.290. The first-order chi connectivity index (χ1) is 7.38. The summed E-state index contributed by atoms with van der Waals surface area (Å²) in [4.78, 5) is 1.34. The van der Waals surface area contributed by atoms with Crippen LogP contribution in [0.4, 0.5) is 13.2 Å². The van der Waals surface area contributed by atoms with Gasteiger partial charge in [-0.2, -0.15) is 13.2 Å². The quantitative estimate of drug-likeness (QED) is 0.765. The van der Waals surface area contributed by atoms with Crippen molar-refractivity contribution in [3.63, 3.8) is 0 Å². The molecule has 1 aliphatic carbocycles. The van der Waals surface area contributed by atoms with Crippen LogP contribution in [-0.4, -0.2) is 37.3 Å². The van der Waals surface area contributed by atoms with E-state index in [9.17, 15) is 13.2 Å². The maximum atomic E-state index is 12.2. The molecule has 2 atom stereocenters. The zero-order valence-electron chi connectivity index (χ0n) is 9.76. The normalized spacial score (nSPS) is 28.1. The van der Waals surface area contributed by atoms with Crippen LogP contribution in [0.1, 0.15) is 32.1 Å². The lowest BCUT2D eigenvalue weighted by atomic mass is 9.95. The Bertz CT molecular complexity index is 206. The summed E-state index contributed by atoms with van der Waals surface area (Å²) < 4.78 is 36.5. The highest BCUT2D eigenvalue weighted by atomic mass is 19.4. The fourth-order valence-electron chi connectivity index (χ4n) is 2.41. The molecule has 0 aliphatic heterocycles. The Balaban J connectivity index is 2.39. The zero-order chi connectivity index (χ0) is 12.2. The number of hydrogen-bond donors (Lipinski definition) is 1. The van der Waals surface area contributed by atoms with E-state index < -0.39 is 12.7 Å². The molecule has 5 heteroatoms. The van der Waals surface area contributed by atoms with Crippen molar-refractivity contribution < 1.29 is 13.2 Å². The molecule has 16 heavy (non-hydrogen) atoms. The molecule has 0 saturated heterocycles. The van der Waals surface area contributed by atoms with Gasteiger partial charge in [0.05, 0.1) is 6.54 Å². The molecule has 2 nitrogen and oxygen atoms in total. The van der Waals surface area contributed by atoms with Crippen molar-refractivity contribution in [3.8, 4) is 0 Å². The maximum absolute atomic E-state index is 12.2. The molecule has 0 aromatic heterocycles. The van der Waals surface area contributed by atoms with Crippen LogP contribution in [0, 0.1) is 5.92 Å². The van der Waals surface area contributed by atoms with Crippen LogP contribution >= 0.6 is 0 Å². The summed E-state index contributed by atoms with van der Waals surface area (Å²) in [5, 5.41) is 0. The van der Waals surface area contributed by atoms with Gasteiger partial charge in [0.1, 0.15) is 0 Å². The standard InChI is InChI=1S/C11H21F3N2/c1-16(8-11(12,13)14)7-9-5-3-2-4-6-10(9)15/h9-10H,2-8,15H2,1H3. The summed E-state index contributed by atoms with van der Waals surface area (Å²) in [6.45, 7) is -0.378. The van der Waals surface area contributed by atoms with Gasteiger partial charge in [0, 0.05) is 12.6 Å². The summed E-state index contributed by atoms with van der Waals surface area (Å²) in [5.74, 6) is 0.217. The number of hydrogen-bond acceptors (Lipinski definition) is 2. The predicted molar refractivity (Wildman–Crippen MR) is 58.1 cm³/mol. The SMILES string of the molecule is CN(CC1CCCCCC1N)CC(F)(F)F. The van der Waals surface area contributed by atoms with Crippen LogP contribution in [0.2, 0.25) is 0 Å². The topological polar surface area (TPSA) is 29.3 Å². The molecule has 1 saturated carbocycles. The average molecular weight is 238 g/mol. The van der Waals surface area contributed by atoms with E-state index in [2.05, 4.69) is 0 Å². The van der Waals surface area contributed by atoms with Crippen LogP contribution in [-0.2, 0) is 0 Å². The van der Waals surface area contributed by atoms with Crippen molar-refractivity contribution in [2.45, 2.75) is 44.3 Å². The summed E-state index contributed by atoms with van der Waals surface area (Å²) in [5.41, 5.74) is 5.98. The zero-order valence-corrected chi connectivity index (χ0v) is 9.76. The highest BCUT2D eigenvalue weighted by Crippen LogP contribution is 2.24. The molecular weight excluding hydrogens is 217 g/mol. The van der Waals surface area contributed by atoms with Crippen molar-refractivity contribution >= 4 is 0 Å². The van der Waals surface area contributed by atoms with Crippen molar-refractivity contribution in [2.75, 3.05) is 20.1 Å². The minimum atomic E-state index is -4.11. The summed E-state index contributed by atoms with van der Waals surface area (Å²) >= 11 is 0. The number of rotatable bonds is 3. The number of halogens is 3. The van der Waals surface area contributed by atoms with E-state index in [4.69, 9.17) is 5.73 Å². The highest BCUT2D eigenvalue weighted by molar-refractivity contribution is 4.79. The van der Waals surface area contributed by atoms with E-state index in [1.54, 1.807) is 0 Å². The third-order valence-corrected chi connectivity index (χ3v) is 3.21. The molecule has 2 N–H and O–H groups in total. The van der Waals surface area contributed by atoms with Gasteiger partial charge in [-0.15, -0.1) is 0 Å². The van der Waals surface area contributed by atoms with Gasteiger partial charge in [0.15, 0.2) is 0 Å². The molecule has 1 aliphatic rings. The van der Waals surface area contributed by atoms with E-state index in [1.807, 2.05) is 0 Å². The molecule has 1 fully saturated rings. The van der Waals surface area contributed by atoms with Gasteiger partial charge < -0.3 is 5.73 Å². The number of nitrogens with two attached hydrogens (primary N) is 1. The van der Waals surface area contributed by atoms with Crippen molar-refractivity contribution in [1.82, 2.24) is 4.90 Å². The Labute approximate surface area is 95.0 Å². The molecule has 0 amide bonds. The summed E-state index contributed by atoms with van der Waals surface area (Å²) in [6.07, 6.45) is 1.17. The van der Waals surface area contributed by atoms with Gasteiger partial charge in [-0.1, -0.05) is 19.3 Å². The Morgan fingerprint density at radius 1 is 1.19 bits per heavy atom.